The van der Waals surface area contributed by atoms with E-state index in [1.165, 1.54) is 6.92 Å². The van der Waals surface area contributed by atoms with E-state index in [4.69, 9.17) is 10.5 Å². The van der Waals surface area contributed by atoms with Gasteiger partial charge in [0.25, 0.3) is 0 Å². The number of carbonyl (C=O) groups excluding carboxylic acids is 2. The minimum absolute atomic E-state index is 0.249. The van der Waals surface area contributed by atoms with Gasteiger partial charge in [0.1, 0.15) is 6.04 Å². The molecule has 1 rings (SSSR count). The van der Waals surface area contributed by atoms with Crippen molar-refractivity contribution in [3.05, 3.63) is 0 Å². The molecular formula is C11H20N2O4. The van der Waals surface area contributed by atoms with Gasteiger partial charge in [0.15, 0.2) is 0 Å². The van der Waals surface area contributed by atoms with Gasteiger partial charge < -0.3 is 20.9 Å². The number of nitrogens with two attached hydrogens (primary N) is 1. The Bertz CT molecular complexity index is 295. The third-order valence-corrected chi connectivity index (χ3v) is 2.97. The summed E-state index contributed by atoms with van der Waals surface area (Å²) >= 11 is 0. The van der Waals surface area contributed by atoms with Gasteiger partial charge in [-0.25, -0.2) is 4.79 Å². The number of nitrogens with one attached hydrogen (secondary N) is 1. The van der Waals surface area contributed by atoms with Gasteiger partial charge in [-0.05, 0) is 19.8 Å². The van der Waals surface area contributed by atoms with Gasteiger partial charge >= 0.3 is 5.97 Å². The summed E-state index contributed by atoms with van der Waals surface area (Å²) in [5.41, 5.74) is 5.86. The first-order valence-electron chi connectivity index (χ1n) is 5.83. The number of aliphatic hydroxyl groups is 1. The molecule has 6 heteroatoms. The number of amides is 1. The van der Waals surface area contributed by atoms with E-state index in [0.717, 1.165) is 0 Å². The lowest BCUT2D eigenvalue weighted by atomic mass is 9.94. The normalized spacial score (nSPS) is 29.8. The summed E-state index contributed by atoms with van der Waals surface area (Å²) in [6.07, 6.45) is 0.339. The molecule has 2 unspecified atom stereocenters. The van der Waals surface area contributed by atoms with Crippen LogP contribution in [-0.4, -0.2) is 41.8 Å². The van der Waals surface area contributed by atoms with Crippen molar-refractivity contribution in [3.63, 3.8) is 0 Å². The number of esters is 1. The lowest BCUT2D eigenvalue weighted by Gasteiger charge is -2.25. The lowest BCUT2D eigenvalue weighted by Crippen LogP contribution is -2.50. The smallest absolute Gasteiger partial charge is 0.328 e. The van der Waals surface area contributed by atoms with E-state index < -0.39 is 18.1 Å². The summed E-state index contributed by atoms with van der Waals surface area (Å²) in [5, 5.41) is 12.1. The van der Waals surface area contributed by atoms with Crippen LogP contribution in [-0.2, 0) is 14.3 Å². The highest BCUT2D eigenvalue weighted by Crippen LogP contribution is 2.28. The highest BCUT2D eigenvalue weighted by atomic mass is 16.5. The number of ether oxygens (including phenoxy) is 1. The van der Waals surface area contributed by atoms with E-state index in [2.05, 4.69) is 5.32 Å². The molecule has 0 bridgehead atoms. The van der Waals surface area contributed by atoms with Crippen LogP contribution < -0.4 is 11.1 Å². The van der Waals surface area contributed by atoms with Crippen LogP contribution in [0.25, 0.3) is 0 Å². The van der Waals surface area contributed by atoms with Gasteiger partial charge in [-0.2, -0.15) is 0 Å². The van der Waals surface area contributed by atoms with Crippen molar-refractivity contribution >= 4 is 11.9 Å². The van der Waals surface area contributed by atoms with Crippen molar-refractivity contribution in [3.8, 4) is 0 Å². The number of carbonyl (C=O) groups is 2. The van der Waals surface area contributed by atoms with Crippen LogP contribution in [0.4, 0.5) is 0 Å². The predicted octanol–water partition coefficient (Wildman–Crippen LogP) is -0.848. The molecule has 4 atom stereocenters. The van der Waals surface area contributed by atoms with Crippen LogP contribution in [0.5, 0.6) is 0 Å². The molecule has 1 fully saturated rings. The molecule has 0 aromatic rings. The Kier molecular flexibility index (Phi) is 4.89. The average Bonchev–Trinajstić information content (AvgIpc) is 2.54. The fourth-order valence-electron chi connectivity index (χ4n) is 2.25. The molecule has 1 amide bonds. The largest absolute Gasteiger partial charge is 0.464 e. The van der Waals surface area contributed by atoms with Crippen molar-refractivity contribution in [2.24, 2.45) is 11.7 Å². The quantitative estimate of drug-likeness (QED) is 0.559. The van der Waals surface area contributed by atoms with Crippen LogP contribution in [0.2, 0.25) is 0 Å². The van der Waals surface area contributed by atoms with Gasteiger partial charge in [0, 0.05) is 18.9 Å². The summed E-state index contributed by atoms with van der Waals surface area (Å²) in [4.78, 5) is 22.8. The maximum atomic E-state index is 11.7. The van der Waals surface area contributed by atoms with Crippen LogP contribution in [0, 0.1) is 5.92 Å². The molecule has 1 saturated carbocycles. The van der Waals surface area contributed by atoms with Crippen molar-refractivity contribution < 1.29 is 19.4 Å². The van der Waals surface area contributed by atoms with Crippen LogP contribution in [0.3, 0.4) is 0 Å². The van der Waals surface area contributed by atoms with Gasteiger partial charge in [-0.15, -0.1) is 0 Å². The van der Waals surface area contributed by atoms with E-state index in [-0.39, 0.29) is 24.5 Å². The van der Waals surface area contributed by atoms with Gasteiger partial charge in [0.05, 0.1) is 12.7 Å². The summed E-state index contributed by atoms with van der Waals surface area (Å²) < 4.78 is 4.91. The van der Waals surface area contributed by atoms with Gasteiger partial charge in [-0.3, -0.25) is 4.79 Å². The first kappa shape index (κ1) is 13.9. The minimum atomic E-state index is -0.764. The SMILES string of the molecule is CCOC(=O)C(NC(C)=O)[C@@H]1CC(O)C[C@H]1N. The molecule has 0 heterocycles. The molecule has 0 saturated heterocycles. The standard InChI is InChI=1S/C11H20N2O4/c1-3-17-11(16)10(13-6(2)14)8-4-7(15)5-9(8)12/h7-10,15H,3-5,12H2,1-2H3,(H,13,14)/t7?,8-,9-,10?/m1/s1. The highest BCUT2D eigenvalue weighted by Gasteiger charge is 2.40. The molecular weight excluding hydrogens is 224 g/mol. The Morgan fingerprint density at radius 2 is 2.18 bits per heavy atom. The van der Waals surface area contributed by atoms with Crippen molar-refractivity contribution in [2.75, 3.05) is 6.61 Å². The topological polar surface area (TPSA) is 102 Å². The van der Waals surface area contributed by atoms with E-state index in [9.17, 15) is 14.7 Å². The fraction of sp³-hybridized carbons (Fsp3) is 0.818. The summed E-state index contributed by atoms with van der Waals surface area (Å²) in [5.74, 6) is -1.07. The van der Waals surface area contributed by atoms with E-state index in [1.807, 2.05) is 0 Å². The second-order valence-corrected chi connectivity index (χ2v) is 4.38. The molecule has 1 aliphatic rings. The fourth-order valence-corrected chi connectivity index (χ4v) is 2.25. The molecule has 0 aromatic carbocycles. The lowest BCUT2D eigenvalue weighted by molar-refractivity contribution is -0.149. The Hall–Kier alpha value is -1.14. The molecule has 1 aliphatic carbocycles. The maximum Gasteiger partial charge on any atom is 0.328 e. The van der Waals surface area contributed by atoms with Crippen LogP contribution >= 0.6 is 0 Å². The molecule has 4 N–H and O–H groups in total. The van der Waals surface area contributed by atoms with Crippen LogP contribution in [0.1, 0.15) is 26.7 Å². The predicted molar refractivity (Wildman–Crippen MR) is 60.9 cm³/mol. The summed E-state index contributed by atoms with van der Waals surface area (Å²) in [6.45, 7) is 3.29. The highest BCUT2D eigenvalue weighted by molar-refractivity contribution is 5.83. The molecule has 0 radical (unpaired) electrons. The zero-order chi connectivity index (χ0) is 13.0. The van der Waals surface area contributed by atoms with E-state index in [1.54, 1.807) is 6.92 Å². The molecule has 98 valence electrons. The van der Waals surface area contributed by atoms with Crippen molar-refractivity contribution in [1.29, 1.82) is 0 Å². The molecule has 6 nitrogen and oxygen atoms in total. The monoisotopic (exact) mass is 244 g/mol. The van der Waals surface area contributed by atoms with E-state index in [0.29, 0.717) is 12.8 Å². The number of rotatable bonds is 4. The number of aliphatic hydroxyl groups excluding tert-OH is 1. The third kappa shape index (κ3) is 3.67. The summed E-state index contributed by atoms with van der Waals surface area (Å²) in [6, 6.07) is -1.06. The second-order valence-electron chi connectivity index (χ2n) is 4.38. The molecule has 0 spiro atoms. The zero-order valence-corrected chi connectivity index (χ0v) is 10.2. The summed E-state index contributed by atoms with van der Waals surface area (Å²) in [7, 11) is 0. The maximum absolute atomic E-state index is 11.7. The van der Waals surface area contributed by atoms with Crippen LogP contribution in [0.15, 0.2) is 0 Å². The number of hydrogen-bond donors (Lipinski definition) is 3. The van der Waals surface area contributed by atoms with E-state index >= 15 is 0 Å². The molecule has 17 heavy (non-hydrogen) atoms. The first-order valence-corrected chi connectivity index (χ1v) is 5.83. The van der Waals surface area contributed by atoms with Gasteiger partial charge in [0.2, 0.25) is 5.91 Å². The first-order chi connectivity index (χ1) is 7.95. The van der Waals surface area contributed by atoms with Gasteiger partial charge in [-0.1, -0.05) is 0 Å². The van der Waals surface area contributed by atoms with Crippen molar-refractivity contribution in [2.45, 2.75) is 44.9 Å². The Labute approximate surface area is 101 Å². The third-order valence-electron chi connectivity index (χ3n) is 2.97. The number of hydrogen-bond acceptors (Lipinski definition) is 5. The molecule has 0 aromatic heterocycles. The minimum Gasteiger partial charge on any atom is -0.464 e. The average molecular weight is 244 g/mol. The molecule has 0 aliphatic heterocycles. The Morgan fingerprint density at radius 3 is 2.59 bits per heavy atom. The Balaban J connectivity index is 2.75. The van der Waals surface area contributed by atoms with Crippen molar-refractivity contribution in [1.82, 2.24) is 5.32 Å². The second kappa shape index (κ2) is 5.97. The zero-order valence-electron chi connectivity index (χ0n) is 10.2. The Morgan fingerprint density at radius 1 is 1.53 bits per heavy atom.